The number of nitrogens with one attached hydrogen (secondary N) is 1. The van der Waals surface area contributed by atoms with Crippen molar-refractivity contribution in [2.45, 2.75) is 11.4 Å². The predicted octanol–water partition coefficient (Wildman–Crippen LogP) is 1.17. The second-order valence-corrected chi connectivity index (χ2v) is 6.00. The second kappa shape index (κ2) is 3.32. The molecule has 0 radical (unpaired) electrons. The molecule has 0 unspecified atom stereocenters. The Morgan fingerprint density at radius 3 is 2.92 bits per heavy atom. The summed E-state index contributed by atoms with van der Waals surface area (Å²) in [5, 5.41) is 0.115. The van der Waals surface area contributed by atoms with E-state index in [1.165, 1.54) is 11.8 Å². The first-order valence-electron chi connectivity index (χ1n) is 3.85. The SMILES string of the molecule is O=S1(=O)CSc2ccccc2CN1. The lowest BCUT2D eigenvalue weighted by molar-refractivity contribution is 0.586. The van der Waals surface area contributed by atoms with Gasteiger partial charge in [-0.2, -0.15) is 0 Å². The summed E-state index contributed by atoms with van der Waals surface area (Å²) in [6.45, 7) is 0.408. The third kappa shape index (κ3) is 2.04. The Morgan fingerprint density at radius 1 is 1.31 bits per heavy atom. The average Bonchev–Trinajstić information content (AvgIpc) is 2.27. The van der Waals surface area contributed by atoms with Crippen molar-refractivity contribution in [3.63, 3.8) is 0 Å². The van der Waals surface area contributed by atoms with E-state index in [1.54, 1.807) is 0 Å². The van der Waals surface area contributed by atoms with Gasteiger partial charge in [0.1, 0.15) is 5.08 Å². The van der Waals surface area contributed by atoms with Crippen LogP contribution in [-0.2, 0) is 16.6 Å². The van der Waals surface area contributed by atoms with Crippen LogP contribution in [0, 0.1) is 0 Å². The second-order valence-electron chi connectivity index (χ2n) is 2.81. The molecule has 0 amide bonds. The Bertz CT molecular complexity index is 381. The lowest BCUT2D eigenvalue weighted by atomic mass is 10.2. The van der Waals surface area contributed by atoms with Gasteiger partial charge in [-0.05, 0) is 11.6 Å². The highest BCUT2D eigenvalue weighted by molar-refractivity contribution is 8.11. The summed E-state index contributed by atoms with van der Waals surface area (Å²) in [6, 6.07) is 7.72. The van der Waals surface area contributed by atoms with Gasteiger partial charge in [0.15, 0.2) is 0 Å². The fourth-order valence-corrected chi connectivity index (χ4v) is 3.50. The molecule has 0 aromatic heterocycles. The molecule has 1 aromatic rings. The summed E-state index contributed by atoms with van der Waals surface area (Å²) in [7, 11) is -3.07. The number of hydrogen-bond acceptors (Lipinski definition) is 3. The van der Waals surface area contributed by atoms with Gasteiger partial charge in [-0.3, -0.25) is 0 Å². The van der Waals surface area contributed by atoms with Crippen LogP contribution < -0.4 is 4.72 Å². The fraction of sp³-hybridized carbons (Fsp3) is 0.250. The van der Waals surface area contributed by atoms with E-state index >= 15 is 0 Å². The van der Waals surface area contributed by atoms with Gasteiger partial charge in [0, 0.05) is 11.4 Å². The molecule has 0 atom stereocenters. The molecule has 0 bridgehead atoms. The number of benzene rings is 1. The van der Waals surface area contributed by atoms with Gasteiger partial charge >= 0.3 is 0 Å². The van der Waals surface area contributed by atoms with Crippen molar-refractivity contribution in [3.05, 3.63) is 29.8 Å². The van der Waals surface area contributed by atoms with E-state index in [2.05, 4.69) is 4.72 Å². The summed E-state index contributed by atoms with van der Waals surface area (Å²) in [5.41, 5.74) is 1.05. The number of rotatable bonds is 0. The van der Waals surface area contributed by atoms with E-state index in [0.717, 1.165) is 10.5 Å². The zero-order valence-electron chi connectivity index (χ0n) is 6.86. The first kappa shape index (κ1) is 9.05. The number of thioether (sulfide) groups is 1. The number of sulfonamides is 1. The topological polar surface area (TPSA) is 46.2 Å². The van der Waals surface area contributed by atoms with Gasteiger partial charge in [-0.25, -0.2) is 13.1 Å². The minimum Gasteiger partial charge on any atom is -0.212 e. The molecular formula is C8H9NO2S2. The van der Waals surface area contributed by atoms with Gasteiger partial charge in [0.2, 0.25) is 10.0 Å². The number of hydrogen-bond donors (Lipinski definition) is 1. The average molecular weight is 215 g/mol. The first-order valence-corrected chi connectivity index (χ1v) is 6.49. The molecule has 0 spiro atoms. The molecule has 3 nitrogen and oxygen atoms in total. The molecule has 0 fully saturated rings. The smallest absolute Gasteiger partial charge is 0.212 e. The standard InChI is InChI=1S/C8H9NO2S2/c10-13(11)6-12-8-4-2-1-3-7(8)5-9-13/h1-4,9H,5-6H2. The van der Waals surface area contributed by atoms with Crippen LogP contribution >= 0.6 is 11.8 Å². The third-order valence-corrected chi connectivity index (χ3v) is 4.83. The minimum absolute atomic E-state index is 0.115. The maximum Gasteiger partial charge on any atom is 0.221 e. The maximum atomic E-state index is 11.2. The van der Waals surface area contributed by atoms with Crippen LogP contribution in [0.25, 0.3) is 0 Å². The van der Waals surface area contributed by atoms with Gasteiger partial charge in [0.25, 0.3) is 0 Å². The summed E-state index contributed by atoms with van der Waals surface area (Å²) >= 11 is 1.37. The maximum absolute atomic E-state index is 11.2. The predicted molar refractivity (Wildman–Crippen MR) is 52.9 cm³/mol. The van der Waals surface area contributed by atoms with Crippen molar-refractivity contribution in [3.8, 4) is 0 Å². The molecule has 1 heterocycles. The molecule has 0 saturated carbocycles. The van der Waals surface area contributed by atoms with Crippen molar-refractivity contribution in [1.29, 1.82) is 0 Å². The van der Waals surface area contributed by atoms with E-state index in [1.807, 2.05) is 24.3 Å². The van der Waals surface area contributed by atoms with Crippen LogP contribution in [0.15, 0.2) is 29.2 Å². The highest BCUT2D eigenvalue weighted by Gasteiger charge is 2.16. The molecule has 1 aliphatic rings. The van der Waals surface area contributed by atoms with Gasteiger partial charge in [0.05, 0.1) is 0 Å². The third-order valence-electron chi connectivity index (χ3n) is 1.82. The van der Waals surface area contributed by atoms with Crippen LogP contribution in [0.3, 0.4) is 0 Å². The van der Waals surface area contributed by atoms with Crippen molar-refractivity contribution in [1.82, 2.24) is 4.72 Å². The lowest BCUT2D eigenvalue weighted by Gasteiger charge is -2.00. The molecule has 2 rings (SSSR count). The van der Waals surface area contributed by atoms with Gasteiger partial charge < -0.3 is 0 Å². The fourth-order valence-electron chi connectivity index (χ4n) is 1.16. The minimum atomic E-state index is -3.07. The number of fused-ring (bicyclic) bond motifs is 1. The van der Waals surface area contributed by atoms with E-state index in [9.17, 15) is 8.42 Å². The van der Waals surface area contributed by atoms with Crippen LogP contribution in [-0.4, -0.2) is 13.5 Å². The highest BCUT2D eigenvalue weighted by atomic mass is 32.3. The molecule has 0 saturated heterocycles. The lowest BCUT2D eigenvalue weighted by Crippen LogP contribution is -2.22. The molecule has 70 valence electrons. The Hall–Kier alpha value is -0.520. The molecule has 5 heteroatoms. The zero-order valence-corrected chi connectivity index (χ0v) is 8.49. The summed E-state index contributed by atoms with van der Waals surface area (Å²) < 4.78 is 24.9. The summed E-state index contributed by atoms with van der Waals surface area (Å²) in [5.74, 6) is 0. The zero-order chi connectivity index (χ0) is 9.31. The van der Waals surface area contributed by atoms with Crippen molar-refractivity contribution >= 4 is 21.8 Å². The normalized spacial score (nSPS) is 20.3. The molecule has 1 aliphatic heterocycles. The highest BCUT2D eigenvalue weighted by Crippen LogP contribution is 2.26. The first-order chi connectivity index (χ1) is 6.17. The van der Waals surface area contributed by atoms with Crippen LogP contribution in [0.4, 0.5) is 0 Å². The molecule has 0 aliphatic carbocycles. The van der Waals surface area contributed by atoms with Gasteiger partial charge in [-0.1, -0.05) is 18.2 Å². The van der Waals surface area contributed by atoms with Crippen molar-refractivity contribution in [2.24, 2.45) is 0 Å². The molecule has 1 aromatic carbocycles. The quantitative estimate of drug-likeness (QED) is 0.706. The molecule has 1 N–H and O–H groups in total. The Kier molecular flexibility index (Phi) is 2.31. The van der Waals surface area contributed by atoms with Crippen molar-refractivity contribution < 1.29 is 8.42 Å². The Morgan fingerprint density at radius 2 is 2.08 bits per heavy atom. The van der Waals surface area contributed by atoms with Crippen LogP contribution in [0.5, 0.6) is 0 Å². The van der Waals surface area contributed by atoms with E-state index in [4.69, 9.17) is 0 Å². The largest absolute Gasteiger partial charge is 0.221 e. The van der Waals surface area contributed by atoms with E-state index in [-0.39, 0.29) is 5.08 Å². The van der Waals surface area contributed by atoms with Crippen LogP contribution in [0.2, 0.25) is 0 Å². The van der Waals surface area contributed by atoms with E-state index < -0.39 is 10.0 Å². The Labute approximate surface area is 81.6 Å². The van der Waals surface area contributed by atoms with Gasteiger partial charge in [-0.15, -0.1) is 11.8 Å². The monoisotopic (exact) mass is 215 g/mol. The summed E-state index contributed by atoms with van der Waals surface area (Å²) in [6.07, 6.45) is 0. The van der Waals surface area contributed by atoms with Crippen LogP contribution in [0.1, 0.15) is 5.56 Å². The van der Waals surface area contributed by atoms with Crippen molar-refractivity contribution in [2.75, 3.05) is 5.08 Å². The van der Waals surface area contributed by atoms with E-state index in [0.29, 0.717) is 6.54 Å². The Balaban J connectivity index is 2.37. The summed E-state index contributed by atoms with van der Waals surface area (Å²) in [4.78, 5) is 1.05. The molecular weight excluding hydrogens is 206 g/mol. The molecule has 13 heavy (non-hydrogen) atoms.